The summed E-state index contributed by atoms with van der Waals surface area (Å²) in [5.74, 6) is -2.10. The monoisotopic (exact) mass is 263 g/mol. The predicted octanol–water partition coefficient (Wildman–Crippen LogP) is 1.61. The zero-order chi connectivity index (χ0) is 14.0. The number of carbonyl (C=O) groups is 2. The summed E-state index contributed by atoms with van der Waals surface area (Å²) in [6, 6.07) is 8.85. The SMILES string of the molecule is CN1CCC(CC(=O)O)(C(=O)O)C1c1ccccc1. The van der Waals surface area contributed by atoms with Crippen LogP contribution in [0.4, 0.5) is 0 Å². The molecule has 1 fully saturated rings. The van der Waals surface area contributed by atoms with Crippen molar-refractivity contribution in [3.8, 4) is 0 Å². The molecular formula is C14H17NO4. The maximum absolute atomic E-state index is 11.7. The topological polar surface area (TPSA) is 77.8 Å². The predicted molar refractivity (Wildman–Crippen MR) is 68.8 cm³/mol. The summed E-state index contributed by atoms with van der Waals surface area (Å²) < 4.78 is 0. The summed E-state index contributed by atoms with van der Waals surface area (Å²) in [6.45, 7) is 0.582. The van der Waals surface area contributed by atoms with Gasteiger partial charge in [-0.3, -0.25) is 14.5 Å². The molecule has 19 heavy (non-hydrogen) atoms. The smallest absolute Gasteiger partial charge is 0.312 e. The van der Waals surface area contributed by atoms with Crippen molar-refractivity contribution in [1.29, 1.82) is 0 Å². The summed E-state index contributed by atoms with van der Waals surface area (Å²) in [7, 11) is 1.84. The zero-order valence-electron chi connectivity index (χ0n) is 10.7. The highest BCUT2D eigenvalue weighted by molar-refractivity contribution is 5.83. The summed E-state index contributed by atoms with van der Waals surface area (Å²) in [5.41, 5.74) is -0.395. The third-order valence-electron chi connectivity index (χ3n) is 3.88. The van der Waals surface area contributed by atoms with E-state index in [1.807, 2.05) is 42.3 Å². The first-order valence-corrected chi connectivity index (χ1v) is 6.18. The molecule has 1 aromatic rings. The van der Waals surface area contributed by atoms with Crippen molar-refractivity contribution in [3.05, 3.63) is 35.9 Å². The van der Waals surface area contributed by atoms with E-state index in [-0.39, 0.29) is 6.42 Å². The Balaban J connectivity index is 2.47. The lowest BCUT2D eigenvalue weighted by Gasteiger charge is -2.32. The molecule has 0 spiro atoms. The number of nitrogens with zero attached hydrogens (tertiary/aromatic N) is 1. The van der Waals surface area contributed by atoms with Crippen molar-refractivity contribution < 1.29 is 19.8 Å². The van der Waals surface area contributed by atoms with E-state index in [0.29, 0.717) is 13.0 Å². The maximum Gasteiger partial charge on any atom is 0.312 e. The van der Waals surface area contributed by atoms with Crippen LogP contribution in [0.2, 0.25) is 0 Å². The van der Waals surface area contributed by atoms with E-state index in [4.69, 9.17) is 5.11 Å². The molecule has 2 rings (SSSR count). The van der Waals surface area contributed by atoms with E-state index in [2.05, 4.69) is 0 Å². The first-order valence-electron chi connectivity index (χ1n) is 6.18. The minimum Gasteiger partial charge on any atom is -0.481 e. The molecule has 102 valence electrons. The van der Waals surface area contributed by atoms with Crippen LogP contribution in [-0.4, -0.2) is 40.6 Å². The molecule has 0 aliphatic carbocycles. The van der Waals surface area contributed by atoms with Gasteiger partial charge in [-0.1, -0.05) is 30.3 Å². The number of benzene rings is 1. The second-order valence-electron chi connectivity index (χ2n) is 5.08. The molecule has 1 aromatic carbocycles. The van der Waals surface area contributed by atoms with E-state index in [1.165, 1.54) is 0 Å². The summed E-state index contributed by atoms with van der Waals surface area (Å²) in [5, 5.41) is 18.6. The first-order chi connectivity index (χ1) is 8.97. The summed E-state index contributed by atoms with van der Waals surface area (Å²) in [4.78, 5) is 24.7. The quantitative estimate of drug-likeness (QED) is 0.863. The van der Waals surface area contributed by atoms with E-state index < -0.39 is 23.4 Å². The van der Waals surface area contributed by atoms with Gasteiger partial charge in [0.05, 0.1) is 17.9 Å². The van der Waals surface area contributed by atoms with Crippen LogP contribution in [0.3, 0.4) is 0 Å². The number of carboxylic acid groups (broad SMARTS) is 2. The normalized spacial score (nSPS) is 27.3. The molecule has 0 amide bonds. The number of rotatable bonds is 4. The lowest BCUT2D eigenvalue weighted by Crippen LogP contribution is -2.39. The van der Waals surface area contributed by atoms with Crippen molar-refractivity contribution in [1.82, 2.24) is 4.90 Å². The van der Waals surface area contributed by atoms with Gasteiger partial charge in [-0.2, -0.15) is 0 Å². The number of likely N-dealkylation sites (tertiary alicyclic amines) is 1. The number of carboxylic acids is 2. The summed E-state index contributed by atoms with van der Waals surface area (Å²) in [6.07, 6.45) is -0.00305. The Morgan fingerprint density at radius 1 is 1.32 bits per heavy atom. The van der Waals surface area contributed by atoms with E-state index in [0.717, 1.165) is 5.56 Å². The number of aliphatic carboxylic acids is 2. The van der Waals surface area contributed by atoms with Crippen LogP contribution in [-0.2, 0) is 9.59 Å². The molecular weight excluding hydrogens is 246 g/mol. The standard InChI is InChI=1S/C14H17NO4/c1-15-8-7-14(13(18)19,9-11(16)17)12(15)10-5-3-2-4-6-10/h2-6,12H,7-9H2,1H3,(H,16,17)(H,18,19). The van der Waals surface area contributed by atoms with Gasteiger partial charge in [0.1, 0.15) is 0 Å². The molecule has 2 unspecified atom stereocenters. The third-order valence-corrected chi connectivity index (χ3v) is 3.88. The fourth-order valence-electron chi connectivity index (χ4n) is 3.03. The van der Waals surface area contributed by atoms with Gasteiger partial charge in [-0.25, -0.2) is 0 Å². The van der Waals surface area contributed by atoms with Crippen LogP contribution >= 0.6 is 0 Å². The molecule has 0 radical (unpaired) electrons. The Morgan fingerprint density at radius 3 is 2.47 bits per heavy atom. The maximum atomic E-state index is 11.7. The molecule has 0 bridgehead atoms. The molecule has 5 heteroatoms. The number of hydrogen-bond donors (Lipinski definition) is 2. The van der Waals surface area contributed by atoms with Crippen molar-refractivity contribution in [2.24, 2.45) is 5.41 Å². The van der Waals surface area contributed by atoms with Gasteiger partial charge in [-0.15, -0.1) is 0 Å². The Hall–Kier alpha value is -1.88. The van der Waals surface area contributed by atoms with Gasteiger partial charge in [0.25, 0.3) is 0 Å². The molecule has 0 saturated carbocycles. The Kier molecular flexibility index (Phi) is 3.57. The van der Waals surface area contributed by atoms with E-state index in [9.17, 15) is 14.7 Å². The molecule has 1 aliphatic heterocycles. The van der Waals surface area contributed by atoms with Crippen molar-refractivity contribution >= 4 is 11.9 Å². The molecule has 1 saturated heterocycles. The highest BCUT2D eigenvalue weighted by Gasteiger charge is 2.53. The van der Waals surface area contributed by atoms with Gasteiger partial charge >= 0.3 is 11.9 Å². The third kappa shape index (κ3) is 2.33. The fourth-order valence-corrected chi connectivity index (χ4v) is 3.03. The van der Waals surface area contributed by atoms with E-state index in [1.54, 1.807) is 0 Å². The van der Waals surface area contributed by atoms with Gasteiger partial charge in [0.15, 0.2) is 0 Å². The van der Waals surface area contributed by atoms with E-state index >= 15 is 0 Å². The highest BCUT2D eigenvalue weighted by atomic mass is 16.4. The molecule has 1 heterocycles. The first kappa shape index (κ1) is 13.5. The van der Waals surface area contributed by atoms with Crippen LogP contribution in [0, 0.1) is 5.41 Å². The van der Waals surface area contributed by atoms with Crippen LogP contribution in [0.25, 0.3) is 0 Å². The molecule has 0 aromatic heterocycles. The van der Waals surface area contributed by atoms with Crippen LogP contribution in [0.15, 0.2) is 30.3 Å². The van der Waals surface area contributed by atoms with Crippen LogP contribution in [0.5, 0.6) is 0 Å². The molecule has 5 nitrogen and oxygen atoms in total. The van der Waals surface area contributed by atoms with Gasteiger partial charge < -0.3 is 10.2 Å². The van der Waals surface area contributed by atoms with Gasteiger partial charge in [-0.05, 0) is 25.6 Å². The second-order valence-corrected chi connectivity index (χ2v) is 5.08. The molecule has 2 atom stereocenters. The second kappa shape index (κ2) is 5.01. The fraction of sp³-hybridized carbons (Fsp3) is 0.429. The minimum absolute atomic E-state index is 0.352. The van der Waals surface area contributed by atoms with Gasteiger partial charge in [0, 0.05) is 0 Å². The van der Waals surface area contributed by atoms with Crippen LogP contribution in [0.1, 0.15) is 24.4 Å². The zero-order valence-corrected chi connectivity index (χ0v) is 10.7. The molecule has 1 aliphatic rings. The van der Waals surface area contributed by atoms with Crippen molar-refractivity contribution in [3.63, 3.8) is 0 Å². The average molecular weight is 263 g/mol. The average Bonchev–Trinajstić information content (AvgIpc) is 2.68. The Labute approximate surface area is 111 Å². The Morgan fingerprint density at radius 2 is 1.95 bits per heavy atom. The lowest BCUT2D eigenvalue weighted by molar-refractivity contribution is -0.157. The lowest BCUT2D eigenvalue weighted by atomic mass is 9.74. The van der Waals surface area contributed by atoms with Crippen molar-refractivity contribution in [2.45, 2.75) is 18.9 Å². The Bertz CT molecular complexity index is 487. The largest absolute Gasteiger partial charge is 0.481 e. The minimum atomic E-state index is -1.25. The molecule has 2 N–H and O–H groups in total. The van der Waals surface area contributed by atoms with Crippen molar-refractivity contribution in [2.75, 3.05) is 13.6 Å². The highest BCUT2D eigenvalue weighted by Crippen LogP contribution is 2.49. The van der Waals surface area contributed by atoms with Crippen LogP contribution < -0.4 is 0 Å². The van der Waals surface area contributed by atoms with Gasteiger partial charge in [0.2, 0.25) is 0 Å². The number of hydrogen-bond acceptors (Lipinski definition) is 3. The summed E-state index contributed by atoms with van der Waals surface area (Å²) >= 11 is 0.